The van der Waals surface area contributed by atoms with Gasteiger partial charge in [0.25, 0.3) is 0 Å². The Hall–Kier alpha value is -0.360. The van der Waals surface area contributed by atoms with Crippen LogP contribution in [0.3, 0.4) is 0 Å². The molecule has 2 unspecified atom stereocenters. The van der Waals surface area contributed by atoms with Crippen molar-refractivity contribution in [3.05, 3.63) is 27.6 Å². The molecule has 2 rings (SSSR count). The van der Waals surface area contributed by atoms with Gasteiger partial charge in [0.1, 0.15) is 5.82 Å². The molecule has 4 heteroatoms. The highest BCUT2D eigenvalue weighted by molar-refractivity contribution is 14.1. The lowest BCUT2D eigenvalue weighted by Crippen LogP contribution is -2.59. The molecule has 0 saturated carbocycles. The summed E-state index contributed by atoms with van der Waals surface area (Å²) in [6, 6.07) is 5.94. The summed E-state index contributed by atoms with van der Waals surface area (Å²) in [5.74, 6) is -0.164. The van der Waals surface area contributed by atoms with Gasteiger partial charge in [0.2, 0.25) is 0 Å². The summed E-state index contributed by atoms with van der Waals surface area (Å²) < 4.78 is 14.2. The number of hydrogen-bond donors (Lipinski definition) is 1. The third kappa shape index (κ3) is 3.40. The lowest BCUT2D eigenvalue weighted by molar-refractivity contribution is 0.239. The molecule has 2 nitrogen and oxygen atoms in total. The highest BCUT2D eigenvalue weighted by Gasteiger charge is 2.33. The molecule has 0 aromatic heterocycles. The Bertz CT molecular complexity index is 456. The highest BCUT2D eigenvalue weighted by Crippen LogP contribution is 2.30. The van der Waals surface area contributed by atoms with E-state index in [0.29, 0.717) is 12.1 Å². The predicted octanol–water partition coefficient (Wildman–Crippen LogP) is 3.64. The molecule has 0 bridgehead atoms. The lowest BCUT2D eigenvalue weighted by atomic mass is 9.84. The minimum atomic E-state index is -0.164. The van der Waals surface area contributed by atoms with Crippen LogP contribution in [-0.2, 0) is 0 Å². The Labute approximate surface area is 128 Å². The first-order valence-electron chi connectivity index (χ1n) is 6.74. The van der Waals surface area contributed by atoms with Crippen LogP contribution in [0.2, 0.25) is 0 Å². The molecule has 1 aromatic rings. The predicted molar refractivity (Wildman–Crippen MR) is 87.2 cm³/mol. The zero-order valence-corrected chi connectivity index (χ0v) is 14.2. The maximum absolute atomic E-state index is 13.2. The molecule has 2 atom stereocenters. The minimum Gasteiger partial charge on any atom is -0.365 e. The van der Waals surface area contributed by atoms with E-state index in [1.807, 2.05) is 6.07 Å². The fourth-order valence-electron chi connectivity index (χ4n) is 2.49. The van der Waals surface area contributed by atoms with Crippen LogP contribution in [0.4, 0.5) is 10.1 Å². The standard InChI is InChI=1S/C15H22FIN2/c1-10-8-18-14(15(2,3)4)9-19(10)13-6-5-11(16)7-12(13)17/h5-7,10,14,18H,8-9H2,1-4H3. The fourth-order valence-corrected chi connectivity index (χ4v) is 3.28. The zero-order chi connectivity index (χ0) is 14.2. The molecular formula is C15H22FIN2. The fraction of sp³-hybridized carbons (Fsp3) is 0.600. The number of anilines is 1. The average Bonchev–Trinajstić information content (AvgIpc) is 2.29. The maximum Gasteiger partial charge on any atom is 0.124 e. The van der Waals surface area contributed by atoms with Gasteiger partial charge in [0, 0.05) is 28.7 Å². The zero-order valence-electron chi connectivity index (χ0n) is 12.0. The van der Waals surface area contributed by atoms with Gasteiger partial charge in [-0.3, -0.25) is 0 Å². The molecule has 1 N–H and O–H groups in total. The number of hydrogen-bond acceptors (Lipinski definition) is 2. The summed E-state index contributed by atoms with van der Waals surface area (Å²) in [6.45, 7) is 10.9. The van der Waals surface area contributed by atoms with Crippen LogP contribution in [0.25, 0.3) is 0 Å². The molecule has 0 radical (unpaired) electrons. The summed E-state index contributed by atoms with van der Waals surface area (Å²) >= 11 is 2.22. The average molecular weight is 376 g/mol. The first kappa shape index (κ1) is 15.0. The second-order valence-corrected chi connectivity index (χ2v) is 7.59. The summed E-state index contributed by atoms with van der Waals surface area (Å²) in [7, 11) is 0. The molecule has 1 heterocycles. The van der Waals surface area contributed by atoms with E-state index in [2.05, 4.69) is 60.5 Å². The normalized spacial score (nSPS) is 24.6. The van der Waals surface area contributed by atoms with Crippen molar-refractivity contribution in [2.45, 2.75) is 39.8 Å². The quantitative estimate of drug-likeness (QED) is 0.753. The van der Waals surface area contributed by atoms with E-state index in [1.165, 1.54) is 0 Å². The monoisotopic (exact) mass is 376 g/mol. The highest BCUT2D eigenvalue weighted by atomic mass is 127. The van der Waals surface area contributed by atoms with Gasteiger partial charge in [-0.25, -0.2) is 4.39 Å². The molecule has 106 valence electrons. The molecular weight excluding hydrogens is 354 g/mol. The summed E-state index contributed by atoms with van der Waals surface area (Å²) in [6.07, 6.45) is 0. The van der Waals surface area contributed by atoms with Gasteiger partial charge in [0.15, 0.2) is 0 Å². The van der Waals surface area contributed by atoms with Crippen LogP contribution in [0.5, 0.6) is 0 Å². The summed E-state index contributed by atoms with van der Waals surface area (Å²) in [5, 5.41) is 3.62. The second-order valence-electron chi connectivity index (χ2n) is 6.42. The Kier molecular flexibility index (Phi) is 4.40. The Morgan fingerprint density at radius 2 is 2.05 bits per heavy atom. The van der Waals surface area contributed by atoms with E-state index in [1.54, 1.807) is 12.1 Å². The van der Waals surface area contributed by atoms with E-state index in [0.717, 1.165) is 22.3 Å². The molecule has 0 aliphatic carbocycles. The topological polar surface area (TPSA) is 15.3 Å². The molecule has 19 heavy (non-hydrogen) atoms. The van der Waals surface area contributed by atoms with Crippen molar-refractivity contribution in [2.24, 2.45) is 5.41 Å². The summed E-state index contributed by atoms with van der Waals surface area (Å²) in [5.41, 5.74) is 1.37. The van der Waals surface area contributed by atoms with E-state index < -0.39 is 0 Å². The van der Waals surface area contributed by atoms with E-state index >= 15 is 0 Å². The minimum absolute atomic E-state index is 0.164. The Balaban J connectivity index is 2.26. The van der Waals surface area contributed by atoms with Crippen LogP contribution < -0.4 is 10.2 Å². The number of rotatable bonds is 1. The molecule has 1 aliphatic heterocycles. The van der Waals surface area contributed by atoms with E-state index in [-0.39, 0.29) is 11.2 Å². The van der Waals surface area contributed by atoms with E-state index in [9.17, 15) is 4.39 Å². The SMILES string of the molecule is CC1CNC(C(C)(C)C)CN1c1ccc(F)cc1I. The van der Waals surface area contributed by atoms with Crippen LogP contribution >= 0.6 is 22.6 Å². The first-order valence-corrected chi connectivity index (χ1v) is 7.82. The molecule has 1 aliphatic rings. The summed E-state index contributed by atoms with van der Waals surface area (Å²) in [4.78, 5) is 2.40. The van der Waals surface area contributed by atoms with Crippen LogP contribution in [-0.4, -0.2) is 25.2 Å². The van der Waals surface area contributed by atoms with Crippen molar-refractivity contribution in [3.8, 4) is 0 Å². The van der Waals surface area contributed by atoms with Gasteiger partial charge in [-0.2, -0.15) is 0 Å². The molecule has 1 aromatic carbocycles. The first-order chi connectivity index (χ1) is 8.79. The molecule has 0 amide bonds. The second kappa shape index (κ2) is 5.56. The van der Waals surface area contributed by atoms with Crippen molar-refractivity contribution in [1.29, 1.82) is 0 Å². The van der Waals surface area contributed by atoms with Gasteiger partial charge in [0.05, 0.1) is 5.69 Å². The third-order valence-electron chi connectivity index (χ3n) is 3.84. The number of benzene rings is 1. The smallest absolute Gasteiger partial charge is 0.124 e. The number of piperazine rings is 1. The number of halogens is 2. The van der Waals surface area contributed by atoms with Crippen LogP contribution in [0.15, 0.2) is 18.2 Å². The van der Waals surface area contributed by atoms with Gasteiger partial charge < -0.3 is 10.2 Å². The van der Waals surface area contributed by atoms with Crippen molar-refractivity contribution in [1.82, 2.24) is 5.32 Å². The van der Waals surface area contributed by atoms with Gasteiger partial charge >= 0.3 is 0 Å². The van der Waals surface area contributed by atoms with Gasteiger partial charge in [-0.15, -0.1) is 0 Å². The Morgan fingerprint density at radius 3 is 2.63 bits per heavy atom. The third-order valence-corrected chi connectivity index (χ3v) is 4.70. The maximum atomic E-state index is 13.2. The molecule has 0 spiro atoms. The van der Waals surface area contributed by atoms with E-state index in [4.69, 9.17) is 0 Å². The van der Waals surface area contributed by atoms with Crippen molar-refractivity contribution in [3.63, 3.8) is 0 Å². The van der Waals surface area contributed by atoms with Crippen molar-refractivity contribution >= 4 is 28.3 Å². The van der Waals surface area contributed by atoms with Crippen molar-refractivity contribution in [2.75, 3.05) is 18.0 Å². The van der Waals surface area contributed by atoms with Crippen LogP contribution in [0.1, 0.15) is 27.7 Å². The largest absolute Gasteiger partial charge is 0.365 e. The molecule has 1 saturated heterocycles. The van der Waals surface area contributed by atoms with Crippen LogP contribution in [0, 0.1) is 14.8 Å². The number of nitrogens with one attached hydrogen (secondary N) is 1. The molecule has 1 fully saturated rings. The Morgan fingerprint density at radius 1 is 1.37 bits per heavy atom. The van der Waals surface area contributed by atoms with Gasteiger partial charge in [-0.1, -0.05) is 20.8 Å². The van der Waals surface area contributed by atoms with Crippen molar-refractivity contribution < 1.29 is 4.39 Å². The lowest BCUT2D eigenvalue weighted by Gasteiger charge is -2.45. The number of nitrogens with zero attached hydrogens (tertiary/aromatic N) is 1. The van der Waals surface area contributed by atoms with Gasteiger partial charge in [-0.05, 0) is 53.1 Å².